The first-order chi connectivity index (χ1) is 6.45. The Hall–Kier alpha value is -0.380. The second-order valence-corrected chi connectivity index (χ2v) is 5.69. The molecule has 1 rings (SSSR count). The molecular formula is C11H19NOS. The summed E-state index contributed by atoms with van der Waals surface area (Å²) < 4.78 is 0. The first-order valence-electron chi connectivity index (χ1n) is 4.92. The molecular weight excluding hydrogens is 194 g/mol. The maximum atomic E-state index is 8.79. The summed E-state index contributed by atoms with van der Waals surface area (Å²) in [5, 5.41) is 8.79. The van der Waals surface area contributed by atoms with Gasteiger partial charge in [-0.15, -0.1) is 11.3 Å². The Labute approximate surface area is 89.8 Å². The Morgan fingerprint density at radius 1 is 1.43 bits per heavy atom. The van der Waals surface area contributed by atoms with Crippen molar-refractivity contribution >= 4 is 11.3 Å². The molecule has 0 bridgehead atoms. The van der Waals surface area contributed by atoms with Gasteiger partial charge in [0.25, 0.3) is 0 Å². The van der Waals surface area contributed by atoms with Crippen LogP contribution in [0.4, 0.5) is 0 Å². The van der Waals surface area contributed by atoms with Crippen molar-refractivity contribution in [3.05, 3.63) is 21.9 Å². The van der Waals surface area contributed by atoms with Crippen molar-refractivity contribution in [3.8, 4) is 0 Å². The van der Waals surface area contributed by atoms with Crippen molar-refractivity contribution in [2.75, 3.05) is 6.61 Å². The molecule has 1 atom stereocenters. The van der Waals surface area contributed by atoms with Crippen LogP contribution in [0.5, 0.6) is 0 Å². The lowest BCUT2D eigenvalue weighted by Crippen LogP contribution is -2.10. The van der Waals surface area contributed by atoms with Gasteiger partial charge < -0.3 is 10.8 Å². The van der Waals surface area contributed by atoms with Gasteiger partial charge in [-0.3, -0.25) is 0 Å². The summed E-state index contributed by atoms with van der Waals surface area (Å²) in [6.07, 6.45) is 0.643. The third-order valence-corrected chi connectivity index (χ3v) is 3.81. The average molecular weight is 213 g/mol. The van der Waals surface area contributed by atoms with Gasteiger partial charge in [-0.1, -0.05) is 20.8 Å². The fraction of sp³-hybridized carbons (Fsp3) is 0.636. The van der Waals surface area contributed by atoms with Crippen LogP contribution in [0.25, 0.3) is 0 Å². The number of aliphatic hydroxyl groups excluding tert-OH is 1. The highest BCUT2D eigenvalue weighted by Gasteiger charge is 2.17. The molecule has 0 aliphatic rings. The van der Waals surface area contributed by atoms with Crippen LogP contribution in [0.3, 0.4) is 0 Å². The fourth-order valence-electron chi connectivity index (χ4n) is 1.24. The molecule has 3 N–H and O–H groups in total. The van der Waals surface area contributed by atoms with E-state index < -0.39 is 0 Å². The summed E-state index contributed by atoms with van der Waals surface area (Å²) >= 11 is 1.75. The van der Waals surface area contributed by atoms with E-state index in [2.05, 4.69) is 32.9 Å². The molecule has 0 radical (unpaired) electrons. The van der Waals surface area contributed by atoms with Crippen LogP contribution in [0, 0.1) is 0 Å². The number of nitrogens with two attached hydrogens (primary N) is 1. The summed E-state index contributed by atoms with van der Waals surface area (Å²) in [6, 6.07) is 4.20. The van der Waals surface area contributed by atoms with E-state index in [0.717, 1.165) is 0 Å². The van der Waals surface area contributed by atoms with Crippen molar-refractivity contribution < 1.29 is 5.11 Å². The van der Waals surface area contributed by atoms with E-state index in [9.17, 15) is 0 Å². The van der Waals surface area contributed by atoms with Crippen molar-refractivity contribution in [1.82, 2.24) is 0 Å². The minimum atomic E-state index is -0.0129. The van der Waals surface area contributed by atoms with Crippen LogP contribution >= 0.6 is 11.3 Å². The molecule has 0 aliphatic heterocycles. The molecule has 2 nitrogen and oxygen atoms in total. The standard InChI is InChI=1S/C11H19NOS/c1-11(2,3)10-5-4-9(14-10)8(12)6-7-13/h4-5,8,13H,6-7,12H2,1-3H3. The average Bonchev–Trinajstić information content (AvgIpc) is 2.51. The summed E-state index contributed by atoms with van der Waals surface area (Å²) in [5.41, 5.74) is 6.11. The van der Waals surface area contributed by atoms with Gasteiger partial charge in [0.1, 0.15) is 0 Å². The molecule has 3 heteroatoms. The maximum absolute atomic E-state index is 8.79. The van der Waals surface area contributed by atoms with Crippen molar-refractivity contribution in [2.45, 2.75) is 38.6 Å². The van der Waals surface area contributed by atoms with E-state index >= 15 is 0 Å². The second-order valence-electron chi connectivity index (χ2n) is 4.57. The molecule has 0 aromatic carbocycles. The molecule has 80 valence electrons. The highest BCUT2D eigenvalue weighted by molar-refractivity contribution is 7.12. The second kappa shape index (κ2) is 4.43. The molecule has 14 heavy (non-hydrogen) atoms. The first kappa shape index (κ1) is 11.7. The molecule has 0 aliphatic carbocycles. The molecule has 1 unspecified atom stereocenters. The summed E-state index contributed by atoms with van der Waals surface area (Å²) in [6.45, 7) is 6.74. The van der Waals surface area contributed by atoms with Crippen molar-refractivity contribution in [2.24, 2.45) is 5.73 Å². The van der Waals surface area contributed by atoms with Crippen molar-refractivity contribution in [1.29, 1.82) is 0 Å². The molecule has 1 aromatic heterocycles. The van der Waals surface area contributed by atoms with E-state index in [1.807, 2.05) is 0 Å². The lowest BCUT2D eigenvalue weighted by atomic mass is 9.95. The number of rotatable bonds is 3. The van der Waals surface area contributed by atoms with Crippen LogP contribution in [0.1, 0.15) is 43.0 Å². The summed E-state index contributed by atoms with van der Waals surface area (Å²) in [5.74, 6) is 0. The summed E-state index contributed by atoms with van der Waals surface area (Å²) in [7, 11) is 0. The van der Waals surface area contributed by atoms with Gasteiger partial charge in [0.15, 0.2) is 0 Å². The minimum Gasteiger partial charge on any atom is -0.396 e. The van der Waals surface area contributed by atoms with Gasteiger partial charge in [-0.25, -0.2) is 0 Å². The summed E-state index contributed by atoms with van der Waals surface area (Å²) in [4.78, 5) is 2.52. The van der Waals surface area contributed by atoms with Crippen LogP contribution < -0.4 is 5.73 Å². The molecule has 0 amide bonds. The van der Waals surface area contributed by atoms with Crippen molar-refractivity contribution in [3.63, 3.8) is 0 Å². The van der Waals surface area contributed by atoms with E-state index in [4.69, 9.17) is 10.8 Å². The molecule has 0 spiro atoms. The molecule has 0 fully saturated rings. The lowest BCUT2D eigenvalue weighted by molar-refractivity contribution is 0.277. The Morgan fingerprint density at radius 2 is 2.07 bits per heavy atom. The Morgan fingerprint density at radius 3 is 2.50 bits per heavy atom. The minimum absolute atomic E-state index is 0.0129. The quantitative estimate of drug-likeness (QED) is 0.810. The predicted octanol–water partition coefficient (Wildman–Crippen LogP) is 2.43. The molecule has 1 heterocycles. The van der Waals surface area contributed by atoms with Gasteiger partial charge in [0.2, 0.25) is 0 Å². The zero-order valence-corrected chi connectivity index (χ0v) is 9.90. The zero-order valence-electron chi connectivity index (χ0n) is 9.08. The highest BCUT2D eigenvalue weighted by Crippen LogP contribution is 2.32. The van der Waals surface area contributed by atoms with E-state index in [0.29, 0.717) is 6.42 Å². The van der Waals surface area contributed by atoms with E-state index in [1.165, 1.54) is 9.75 Å². The van der Waals surface area contributed by atoms with Crippen LogP contribution in [-0.4, -0.2) is 11.7 Å². The lowest BCUT2D eigenvalue weighted by Gasteiger charge is -2.15. The van der Waals surface area contributed by atoms with Crippen LogP contribution in [0.2, 0.25) is 0 Å². The van der Waals surface area contributed by atoms with Gasteiger partial charge in [-0.2, -0.15) is 0 Å². The smallest absolute Gasteiger partial charge is 0.0449 e. The Balaban J connectivity index is 2.78. The Kier molecular flexibility index (Phi) is 3.70. The highest BCUT2D eigenvalue weighted by atomic mass is 32.1. The monoisotopic (exact) mass is 213 g/mol. The third-order valence-electron chi connectivity index (χ3n) is 2.17. The van der Waals surface area contributed by atoms with Crippen LogP contribution in [0.15, 0.2) is 12.1 Å². The molecule has 1 aromatic rings. The van der Waals surface area contributed by atoms with Gasteiger partial charge >= 0.3 is 0 Å². The zero-order chi connectivity index (χ0) is 10.8. The number of hydrogen-bond donors (Lipinski definition) is 2. The van der Waals surface area contributed by atoms with Gasteiger partial charge in [0.05, 0.1) is 0 Å². The first-order valence-corrected chi connectivity index (χ1v) is 5.73. The molecule has 0 saturated heterocycles. The Bertz CT molecular complexity index is 288. The third kappa shape index (κ3) is 2.80. The number of thiophene rings is 1. The predicted molar refractivity (Wildman–Crippen MR) is 61.7 cm³/mol. The van der Waals surface area contributed by atoms with Gasteiger partial charge in [-0.05, 0) is 24.0 Å². The van der Waals surface area contributed by atoms with Gasteiger partial charge in [0, 0.05) is 22.4 Å². The molecule has 0 saturated carbocycles. The van der Waals surface area contributed by atoms with E-state index in [-0.39, 0.29) is 18.1 Å². The maximum Gasteiger partial charge on any atom is 0.0449 e. The largest absolute Gasteiger partial charge is 0.396 e. The topological polar surface area (TPSA) is 46.2 Å². The van der Waals surface area contributed by atoms with Crippen LogP contribution in [-0.2, 0) is 5.41 Å². The number of aliphatic hydroxyl groups is 1. The number of hydrogen-bond acceptors (Lipinski definition) is 3. The normalized spacial score (nSPS) is 14.4. The fourth-order valence-corrected chi connectivity index (χ4v) is 2.34. The SMILES string of the molecule is CC(C)(C)c1ccc(C(N)CCO)s1. The van der Waals surface area contributed by atoms with E-state index in [1.54, 1.807) is 11.3 Å².